The van der Waals surface area contributed by atoms with E-state index in [2.05, 4.69) is 25.7 Å². The summed E-state index contributed by atoms with van der Waals surface area (Å²) in [5, 5.41) is 9.85. The summed E-state index contributed by atoms with van der Waals surface area (Å²) in [5.41, 5.74) is 1.90. The molecule has 2 N–H and O–H groups in total. The van der Waals surface area contributed by atoms with E-state index in [1.807, 2.05) is 0 Å². The molecule has 1 aromatic heterocycles. The predicted molar refractivity (Wildman–Crippen MR) is 123 cm³/mol. The lowest BCUT2D eigenvalue weighted by atomic mass is 9.86. The second kappa shape index (κ2) is 9.31. The molecular formula is C22H26N6O5. The molecule has 1 atom stereocenters. The largest absolute Gasteiger partial charge is 0.493 e. The van der Waals surface area contributed by atoms with Crippen LogP contribution in [0.4, 0.5) is 16.3 Å². The van der Waals surface area contributed by atoms with Gasteiger partial charge in [-0.2, -0.15) is 14.8 Å². The molecule has 1 saturated carbocycles. The fourth-order valence-electron chi connectivity index (χ4n) is 3.99. The summed E-state index contributed by atoms with van der Waals surface area (Å²) < 4.78 is 17.3. The van der Waals surface area contributed by atoms with Crippen molar-refractivity contribution >= 4 is 35.1 Å². The molecule has 0 saturated heterocycles. The molecule has 2 aliphatic rings. The number of amides is 3. The van der Waals surface area contributed by atoms with Crippen LogP contribution >= 0.6 is 0 Å². The fourth-order valence-corrected chi connectivity index (χ4v) is 3.99. The van der Waals surface area contributed by atoms with Crippen LogP contribution in [-0.2, 0) is 4.79 Å². The first-order valence-corrected chi connectivity index (χ1v) is 10.6. The molecule has 2 heterocycles. The summed E-state index contributed by atoms with van der Waals surface area (Å²) in [7, 11) is 4.49. The van der Waals surface area contributed by atoms with Crippen LogP contribution in [0.2, 0.25) is 0 Å². The van der Waals surface area contributed by atoms with Gasteiger partial charge in [-0.25, -0.2) is 9.79 Å². The summed E-state index contributed by atoms with van der Waals surface area (Å²) in [6.45, 7) is 1.78. The molecule has 3 amide bonds. The van der Waals surface area contributed by atoms with Crippen LogP contribution in [-0.4, -0.2) is 54.7 Å². The van der Waals surface area contributed by atoms with Crippen molar-refractivity contribution in [3.8, 4) is 17.2 Å². The minimum Gasteiger partial charge on any atom is -0.493 e. The summed E-state index contributed by atoms with van der Waals surface area (Å²) >= 11 is 0. The third-order valence-electron chi connectivity index (χ3n) is 5.52. The Labute approximate surface area is 190 Å². The number of nitrogens with one attached hydrogen (secondary N) is 2. The molecule has 1 aromatic carbocycles. The minimum absolute atomic E-state index is 0.157. The van der Waals surface area contributed by atoms with Crippen molar-refractivity contribution in [3.05, 3.63) is 23.9 Å². The number of hydrogen-bond acceptors (Lipinski definition) is 7. The fraction of sp³-hybridized carbons (Fsp3) is 0.409. The maximum Gasteiger partial charge on any atom is 0.324 e. The first-order valence-electron chi connectivity index (χ1n) is 10.6. The number of fused-ring (bicyclic) bond motifs is 1. The van der Waals surface area contributed by atoms with Gasteiger partial charge < -0.3 is 19.5 Å². The van der Waals surface area contributed by atoms with Crippen LogP contribution in [0, 0.1) is 12.8 Å². The maximum atomic E-state index is 12.8. The quantitative estimate of drug-likeness (QED) is 0.714. The van der Waals surface area contributed by atoms with Crippen molar-refractivity contribution in [2.24, 2.45) is 15.9 Å². The van der Waals surface area contributed by atoms with Crippen molar-refractivity contribution < 1.29 is 23.8 Å². The Morgan fingerprint density at radius 2 is 1.76 bits per heavy atom. The van der Waals surface area contributed by atoms with Crippen LogP contribution in [0.3, 0.4) is 0 Å². The number of methoxy groups -OCH3 is 3. The average molecular weight is 454 g/mol. The number of anilines is 2. The third kappa shape index (κ3) is 4.52. The van der Waals surface area contributed by atoms with Gasteiger partial charge >= 0.3 is 6.03 Å². The van der Waals surface area contributed by atoms with Gasteiger partial charge in [0.2, 0.25) is 5.75 Å². The van der Waals surface area contributed by atoms with E-state index in [-0.39, 0.29) is 17.8 Å². The Balaban J connectivity index is 1.56. The molecule has 1 fully saturated rings. The Morgan fingerprint density at radius 3 is 2.42 bits per heavy atom. The number of benzene rings is 1. The number of aromatic nitrogens is 2. The Bertz CT molecular complexity index is 1130. The molecule has 33 heavy (non-hydrogen) atoms. The smallest absolute Gasteiger partial charge is 0.324 e. The molecule has 0 radical (unpaired) electrons. The molecule has 4 rings (SSSR count). The van der Waals surface area contributed by atoms with E-state index >= 15 is 0 Å². The maximum absolute atomic E-state index is 12.8. The number of urea groups is 1. The van der Waals surface area contributed by atoms with E-state index in [1.165, 1.54) is 26.0 Å². The number of hydrogen-bond donors (Lipinski definition) is 2. The first kappa shape index (κ1) is 22.3. The second-order valence-electron chi connectivity index (χ2n) is 7.73. The Kier molecular flexibility index (Phi) is 6.29. The van der Waals surface area contributed by atoms with Gasteiger partial charge in [0.1, 0.15) is 5.82 Å². The number of aryl methyl sites for hydroxylation is 1. The Morgan fingerprint density at radius 1 is 1.03 bits per heavy atom. The van der Waals surface area contributed by atoms with Crippen molar-refractivity contribution in [1.82, 2.24) is 9.78 Å². The van der Waals surface area contributed by atoms with Gasteiger partial charge in [-0.1, -0.05) is 6.42 Å². The Hall–Kier alpha value is -3.89. The molecule has 1 unspecified atom stereocenters. The molecule has 174 valence electrons. The van der Waals surface area contributed by atoms with Crippen LogP contribution in [0.25, 0.3) is 0 Å². The van der Waals surface area contributed by atoms with Crippen LogP contribution in [0.15, 0.2) is 28.2 Å². The van der Waals surface area contributed by atoms with Crippen LogP contribution < -0.4 is 24.8 Å². The molecule has 11 heteroatoms. The monoisotopic (exact) mass is 454 g/mol. The lowest BCUT2D eigenvalue weighted by Crippen LogP contribution is -2.34. The normalized spacial score (nSPS) is 17.5. The number of rotatable bonds is 5. The first-order chi connectivity index (χ1) is 15.9. The average Bonchev–Trinajstić information content (AvgIpc) is 3.17. The highest BCUT2D eigenvalue weighted by Gasteiger charge is 2.32. The minimum atomic E-state index is -0.531. The van der Waals surface area contributed by atoms with Crippen molar-refractivity contribution in [2.75, 3.05) is 32.0 Å². The van der Waals surface area contributed by atoms with Gasteiger partial charge in [0.05, 0.1) is 38.6 Å². The SMILES string of the molecule is COc1cc(NC(=O)Nc2cc(C)nn2C2=NC(=O)C3CCCCC3=N2)cc(OC)c1OC. The molecule has 2 aromatic rings. The highest BCUT2D eigenvalue weighted by molar-refractivity contribution is 6.16. The van der Waals surface area contributed by atoms with Gasteiger partial charge in [0.15, 0.2) is 11.5 Å². The topological polar surface area (TPSA) is 128 Å². The van der Waals surface area contributed by atoms with Crippen molar-refractivity contribution in [2.45, 2.75) is 32.6 Å². The van der Waals surface area contributed by atoms with Crippen molar-refractivity contribution in [3.63, 3.8) is 0 Å². The summed E-state index contributed by atoms with van der Waals surface area (Å²) in [5.74, 6) is 1.27. The third-order valence-corrected chi connectivity index (χ3v) is 5.52. The number of nitrogens with zero attached hydrogens (tertiary/aromatic N) is 4. The van der Waals surface area contributed by atoms with Gasteiger partial charge in [-0.15, -0.1) is 0 Å². The van der Waals surface area contributed by atoms with Crippen molar-refractivity contribution in [1.29, 1.82) is 0 Å². The zero-order chi connectivity index (χ0) is 23.5. The van der Waals surface area contributed by atoms with E-state index in [0.717, 1.165) is 31.4 Å². The number of ether oxygens (including phenoxy) is 3. The van der Waals surface area contributed by atoms with E-state index < -0.39 is 6.03 Å². The van der Waals surface area contributed by atoms with E-state index in [1.54, 1.807) is 25.1 Å². The number of carbonyl (C=O) groups excluding carboxylic acids is 2. The second-order valence-corrected chi connectivity index (χ2v) is 7.73. The molecule has 1 aliphatic heterocycles. The van der Waals surface area contributed by atoms with Crippen LogP contribution in [0.5, 0.6) is 17.2 Å². The highest BCUT2D eigenvalue weighted by atomic mass is 16.5. The molecular weight excluding hydrogens is 428 g/mol. The van der Waals surface area contributed by atoms with E-state index in [0.29, 0.717) is 34.4 Å². The van der Waals surface area contributed by atoms with Gasteiger partial charge in [0, 0.05) is 23.9 Å². The number of carbonyl (C=O) groups is 2. The zero-order valence-electron chi connectivity index (χ0n) is 19.0. The molecule has 1 aliphatic carbocycles. The highest BCUT2D eigenvalue weighted by Crippen LogP contribution is 2.40. The molecule has 11 nitrogen and oxygen atoms in total. The standard InChI is InChI=1S/C22H26N6O5/c1-12-9-18(28(27-12)21-24-15-8-6-5-7-14(15)20(29)26-21)25-22(30)23-13-10-16(31-2)19(33-4)17(11-13)32-3/h9-11,14H,5-8H2,1-4H3,(H2,23,25,30). The summed E-state index contributed by atoms with van der Waals surface area (Å²) in [6, 6.07) is 4.37. The lowest BCUT2D eigenvalue weighted by Gasteiger charge is -2.24. The van der Waals surface area contributed by atoms with E-state index in [9.17, 15) is 9.59 Å². The molecule has 0 bridgehead atoms. The van der Waals surface area contributed by atoms with Crippen LogP contribution in [0.1, 0.15) is 31.4 Å². The van der Waals surface area contributed by atoms with E-state index in [4.69, 9.17) is 14.2 Å². The zero-order valence-corrected chi connectivity index (χ0v) is 19.0. The van der Waals surface area contributed by atoms with Gasteiger partial charge in [-0.3, -0.25) is 10.1 Å². The predicted octanol–water partition coefficient (Wildman–Crippen LogP) is 3.24. The molecule has 0 spiro atoms. The summed E-state index contributed by atoms with van der Waals surface area (Å²) in [6.07, 6.45) is 3.53. The number of aliphatic imine (C=N–C) groups is 2. The van der Waals surface area contributed by atoms with Gasteiger partial charge in [-0.05, 0) is 26.2 Å². The lowest BCUT2D eigenvalue weighted by molar-refractivity contribution is -0.120. The summed E-state index contributed by atoms with van der Waals surface area (Å²) in [4.78, 5) is 34.0. The van der Waals surface area contributed by atoms with Gasteiger partial charge in [0.25, 0.3) is 11.9 Å².